The predicted octanol–water partition coefficient (Wildman–Crippen LogP) is 6.27. The standard InChI is InChI=1S/C22H29NO2/c1-2-3-4-5-6-7-10-16-25-20-13-11-12-19(17-20)18-23-21-14-8-9-15-22(21)24/h8-9,11-15,17-18,24H,2-7,10,16H2,1H3. The zero-order chi connectivity index (χ0) is 17.7. The minimum Gasteiger partial charge on any atom is -0.506 e. The Kier molecular flexibility index (Phi) is 8.60. The van der Waals surface area contributed by atoms with Gasteiger partial charge in [-0.3, -0.25) is 4.99 Å². The van der Waals surface area contributed by atoms with Gasteiger partial charge in [0.25, 0.3) is 0 Å². The van der Waals surface area contributed by atoms with Crippen molar-refractivity contribution < 1.29 is 9.84 Å². The molecular weight excluding hydrogens is 310 g/mol. The van der Waals surface area contributed by atoms with Crippen molar-refractivity contribution in [1.29, 1.82) is 0 Å². The summed E-state index contributed by atoms with van der Waals surface area (Å²) in [7, 11) is 0. The molecule has 0 spiro atoms. The monoisotopic (exact) mass is 339 g/mol. The van der Waals surface area contributed by atoms with Crippen molar-refractivity contribution in [3.63, 3.8) is 0 Å². The smallest absolute Gasteiger partial charge is 0.141 e. The third-order valence-electron chi connectivity index (χ3n) is 4.11. The number of aromatic hydroxyl groups is 1. The van der Waals surface area contributed by atoms with Crippen LogP contribution in [0.5, 0.6) is 11.5 Å². The van der Waals surface area contributed by atoms with Crippen LogP contribution in [-0.2, 0) is 0 Å². The first kappa shape index (κ1) is 19.0. The van der Waals surface area contributed by atoms with Gasteiger partial charge in [-0.2, -0.15) is 0 Å². The van der Waals surface area contributed by atoms with Crippen LogP contribution in [0.4, 0.5) is 5.69 Å². The summed E-state index contributed by atoms with van der Waals surface area (Å²) >= 11 is 0. The van der Waals surface area contributed by atoms with Gasteiger partial charge in [0.2, 0.25) is 0 Å². The molecule has 1 N–H and O–H groups in total. The van der Waals surface area contributed by atoms with E-state index < -0.39 is 0 Å². The molecule has 0 saturated carbocycles. The van der Waals surface area contributed by atoms with Crippen LogP contribution in [-0.4, -0.2) is 17.9 Å². The van der Waals surface area contributed by atoms with Gasteiger partial charge in [0.15, 0.2) is 0 Å². The van der Waals surface area contributed by atoms with Crippen LogP contribution in [0, 0.1) is 0 Å². The number of nitrogens with zero attached hydrogens (tertiary/aromatic N) is 1. The molecule has 0 unspecified atom stereocenters. The van der Waals surface area contributed by atoms with Crippen LogP contribution in [0.3, 0.4) is 0 Å². The van der Waals surface area contributed by atoms with Gasteiger partial charge in [-0.25, -0.2) is 0 Å². The van der Waals surface area contributed by atoms with E-state index >= 15 is 0 Å². The lowest BCUT2D eigenvalue weighted by Gasteiger charge is -2.07. The molecule has 2 aromatic rings. The molecule has 0 aromatic heterocycles. The fourth-order valence-corrected chi connectivity index (χ4v) is 2.65. The van der Waals surface area contributed by atoms with E-state index in [1.807, 2.05) is 30.3 Å². The normalized spacial score (nSPS) is 11.1. The molecule has 0 aliphatic heterocycles. The van der Waals surface area contributed by atoms with Crippen molar-refractivity contribution >= 4 is 11.9 Å². The summed E-state index contributed by atoms with van der Waals surface area (Å²) in [6.45, 7) is 3.00. The lowest BCUT2D eigenvalue weighted by atomic mass is 10.1. The Balaban J connectivity index is 1.74. The summed E-state index contributed by atoms with van der Waals surface area (Å²) < 4.78 is 5.84. The summed E-state index contributed by atoms with van der Waals surface area (Å²) in [6, 6.07) is 14.9. The molecule has 0 saturated heterocycles. The molecule has 25 heavy (non-hydrogen) atoms. The Bertz CT molecular complexity index is 652. The van der Waals surface area contributed by atoms with Crippen LogP contribution in [0.1, 0.15) is 57.4 Å². The number of aliphatic imine (C=N–C) groups is 1. The van der Waals surface area contributed by atoms with E-state index in [1.54, 1.807) is 24.4 Å². The van der Waals surface area contributed by atoms with Crippen LogP contribution >= 0.6 is 0 Å². The fraction of sp³-hybridized carbons (Fsp3) is 0.409. The number of benzene rings is 2. The van der Waals surface area contributed by atoms with E-state index in [9.17, 15) is 5.11 Å². The van der Waals surface area contributed by atoms with Gasteiger partial charge >= 0.3 is 0 Å². The molecule has 2 aromatic carbocycles. The van der Waals surface area contributed by atoms with E-state index in [2.05, 4.69) is 11.9 Å². The molecule has 0 aliphatic carbocycles. The van der Waals surface area contributed by atoms with Gasteiger partial charge in [-0.05, 0) is 36.2 Å². The minimum absolute atomic E-state index is 0.185. The van der Waals surface area contributed by atoms with Crippen LogP contribution in [0.2, 0.25) is 0 Å². The first-order valence-electron chi connectivity index (χ1n) is 9.34. The van der Waals surface area contributed by atoms with E-state index in [4.69, 9.17) is 4.74 Å². The molecular formula is C22H29NO2. The van der Waals surface area contributed by atoms with E-state index in [1.165, 1.54) is 38.5 Å². The first-order valence-corrected chi connectivity index (χ1v) is 9.34. The number of phenols is 1. The second-order valence-corrected chi connectivity index (χ2v) is 6.29. The zero-order valence-electron chi connectivity index (χ0n) is 15.2. The van der Waals surface area contributed by atoms with Gasteiger partial charge in [0.1, 0.15) is 17.2 Å². The molecule has 0 atom stereocenters. The Hall–Kier alpha value is -2.29. The highest BCUT2D eigenvalue weighted by Gasteiger charge is 1.98. The van der Waals surface area contributed by atoms with Gasteiger partial charge < -0.3 is 9.84 Å². The Morgan fingerprint density at radius 1 is 0.920 bits per heavy atom. The second-order valence-electron chi connectivity index (χ2n) is 6.29. The Morgan fingerprint density at radius 2 is 1.68 bits per heavy atom. The van der Waals surface area contributed by atoms with Crippen molar-refractivity contribution in [1.82, 2.24) is 0 Å². The molecule has 0 fully saturated rings. The average Bonchev–Trinajstić information content (AvgIpc) is 2.64. The van der Waals surface area contributed by atoms with Crippen LogP contribution in [0.25, 0.3) is 0 Å². The zero-order valence-corrected chi connectivity index (χ0v) is 15.2. The first-order chi connectivity index (χ1) is 12.3. The summed E-state index contributed by atoms with van der Waals surface area (Å²) in [5.41, 5.74) is 1.53. The Morgan fingerprint density at radius 3 is 2.48 bits per heavy atom. The van der Waals surface area contributed by atoms with E-state index in [-0.39, 0.29) is 5.75 Å². The quantitative estimate of drug-likeness (QED) is 0.387. The third-order valence-corrected chi connectivity index (χ3v) is 4.11. The SMILES string of the molecule is CCCCCCCCCOc1cccc(C=Nc2ccccc2O)c1. The minimum atomic E-state index is 0.185. The van der Waals surface area contributed by atoms with Crippen molar-refractivity contribution in [2.24, 2.45) is 4.99 Å². The van der Waals surface area contributed by atoms with Crippen molar-refractivity contribution in [3.8, 4) is 11.5 Å². The lowest BCUT2D eigenvalue weighted by molar-refractivity contribution is 0.304. The topological polar surface area (TPSA) is 41.8 Å². The maximum atomic E-state index is 9.74. The van der Waals surface area contributed by atoms with Crippen molar-refractivity contribution in [3.05, 3.63) is 54.1 Å². The number of ether oxygens (including phenoxy) is 1. The number of unbranched alkanes of at least 4 members (excludes halogenated alkanes) is 6. The highest BCUT2D eigenvalue weighted by atomic mass is 16.5. The highest BCUT2D eigenvalue weighted by Crippen LogP contribution is 2.25. The maximum absolute atomic E-state index is 9.74. The van der Waals surface area contributed by atoms with Gasteiger partial charge in [0.05, 0.1) is 6.61 Å². The summed E-state index contributed by atoms with van der Waals surface area (Å²) in [6.07, 6.45) is 10.7. The summed E-state index contributed by atoms with van der Waals surface area (Å²) in [5.74, 6) is 1.05. The van der Waals surface area contributed by atoms with Gasteiger partial charge in [0, 0.05) is 6.21 Å². The predicted molar refractivity (Wildman–Crippen MR) is 105 cm³/mol. The summed E-state index contributed by atoms with van der Waals surface area (Å²) in [4.78, 5) is 4.33. The number of hydrogen-bond donors (Lipinski definition) is 1. The van der Waals surface area contributed by atoms with Crippen molar-refractivity contribution in [2.45, 2.75) is 51.9 Å². The fourth-order valence-electron chi connectivity index (χ4n) is 2.65. The van der Waals surface area contributed by atoms with Gasteiger partial charge in [-0.15, -0.1) is 0 Å². The molecule has 0 bridgehead atoms. The number of rotatable bonds is 11. The summed E-state index contributed by atoms with van der Waals surface area (Å²) in [5, 5.41) is 9.74. The maximum Gasteiger partial charge on any atom is 0.141 e. The van der Waals surface area contributed by atoms with E-state index in [0.29, 0.717) is 5.69 Å². The lowest BCUT2D eigenvalue weighted by Crippen LogP contribution is -1.97. The molecule has 0 aliphatic rings. The molecule has 0 radical (unpaired) electrons. The molecule has 3 nitrogen and oxygen atoms in total. The molecule has 134 valence electrons. The Labute approximate surface area is 151 Å². The molecule has 3 heteroatoms. The van der Waals surface area contributed by atoms with Crippen molar-refractivity contribution in [2.75, 3.05) is 6.61 Å². The molecule has 0 amide bonds. The third kappa shape index (κ3) is 7.42. The number of para-hydroxylation sites is 2. The largest absolute Gasteiger partial charge is 0.506 e. The second kappa shape index (κ2) is 11.3. The molecule has 0 heterocycles. The van der Waals surface area contributed by atoms with E-state index in [0.717, 1.165) is 24.3 Å². The number of hydrogen-bond acceptors (Lipinski definition) is 3. The van der Waals surface area contributed by atoms with Crippen LogP contribution in [0.15, 0.2) is 53.5 Å². The number of phenolic OH excluding ortho intramolecular Hbond substituents is 1. The highest BCUT2D eigenvalue weighted by molar-refractivity contribution is 5.83. The average molecular weight is 339 g/mol. The van der Waals surface area contributed by atoms with Crippen LogP contribution < -0.4 is 4.74 Å². The van der Waals surface area contributed by atoms with Gasteiger partial charge in [-0.1, -0.05) is 69.7 Å². The molecule has 2 rings (SSSR count).